The second-order valence-corrected chi connectivity index (χ2v) is 7.82. The number of sulfonamides is 1. The molecular formula is C17H17ClFNO4S. The molecule has 0 aliphatic carbocycles. The predicted molar refractivity (Wildman–Crippen MR) is 91.8 cm³/mol. The molecule has 1 heterocycles. The zero-order chi connectivity index (χ0) is 17.9. The van der Waals surface area contributed by atoms with E-state index in [1.807, 2.05) is 0 Å². The van der Waals surface area contributed by atoms with Crippen LogP contribution in [0.25, 0.3) is 0 Å². The van der Waals surface area contributed by atoms with E-state index < -0.39 is 15.8 Å². The van der Waals surface area contributed by atoms with Gasteiger partial charge in [-0.1, -0.05) is 17.7 Å². The van der Waals surface area contributed by atoms with Crippen LogP contribution < -0.4 is 4.74 Å². The number of benzene rings is 2. The highest BCUT2D eigenvalue weighted by molar-refractivity contribution is 7.89. The summed E-state index contributed by atoms with van der Waals surface area (Å²) in [7, 11) is -3.54. The van der Waals surface area contributed by atoms with Crippen molar-refractivity contribution < 1.29 is 22.3 Å². The fourth-order valence-electron chi connectivity index (χ4n) is 2.47. The van der Waals surface area contributed by atoms with Crippen LogP contribution in [0.3, 0.4) is 0 Å². The van der Waals surface area contributed by atoms with E-state index in [1.54, 1.807) is 18.2 Å². The predicted octanol–water partition coefficient (Wildman–Crippen LogP) is 3.08. The molecule has 1 fully saturated rings. The van der Waals surface area contributed by atoms with Crippen LogP contribution in [0, 0.1) is 5.82 Å². The SMILES string of the molecule is O=S(=O)(c1ccc(OCc2c(F)cccc2Cl)cc1)N1CCOCC1. The first kappa shape index (κ1) is 18.1. The Labute approximate surface area is 151 Å². The van der Waals surface area contributed by atoms with Gasteiger partial charge in [-0.25, -0.2) is 12.8 Å². The Morgan fingerprint density at radius 2 is 1.80 bits per heavy atom. The van der Waals surface area contributed by atoms with E-state index in [9.17, 15) is 12.8 Å². The molecule has 0 atom stereocenters. The zero-order valence-electron chi connectivity index (χ0n) is 13.3. The summed E-state index contributed by atoms with van der Waals surface area (Å²) < 4.78 is 50.9. The van der Waals surface area contributed by atoms with Gasteiger partial charge in [0.25, 0.3) is 0 Å². The second-order valence-electron chi connectivity index (χ2n) is 5.48. The molecule has 0 N–H and O–H groups in total. The van der Waals surface area contributed by atoms with Crippen LogP contribution in [0.1, 0.15) is 5.56 Å². The Bertz CT molecular complexity index is 816. The number of hydrogen-bond donors (Lipinski definition) is 0. The first-order chi connectivity index (χ1) is 12.0. The Morgan fingerprint density at radius 3 is 2.44 bits per heavy atom. The molecule has 25 heavy (non-hydrogen) atoms. The standard InChI is InChI=1S/C17H17ClFNO4S/c18-16-2-1-3-17(19)15(16)12-24-13-4-6-14(7-5-13)25(21,22)20-8-10-23-11-9-20/h1-7H,8-12H2. The van der Waals surface area contributed by atoms with Gasteiger partial charge in [-0.3, -0.25) is 0 Å². The summed E-state index contributed by atoms with van der Waals surface area (Å²) in [6.07, 6.45) is 0. The highest BCUT2D eigenvalue weighted by atomic mass is 35.5. The third-order valence-corrected chi connectivity index (χ3v) is 6.14. The third kappa shape index (κ3) is 4.12. The summed E-state index contributed by atoms with van der Waals surface area (Å²) in [5.41, 5.74) is 0.259. The van der Waals surface area contributed by atoms with Crippen LogP contribution in [0.5, 0.6) is 5.75 Å². The average molecular weight is 386 g/mol. The molecule has 0 aromatic heterocycles. The summed E-state index contributed by atoms with van der Waals surface area (Å²) >= 11 is 5.95. The molecule has 0 amide bonds. The van der Waals surface area contributed by atoms with Crippen molar-refractivity contribution in [1.82, 2.24) is 4.31 Å². The lowest BCUT2D eigenvalue weighted by Gasteiger charge is -2.26. The minimum Gasteiger partial charge on any atom is -0.489 e. The van der Waals surface area contributed by atoms with Gasteiger partial charge in [-0.2, -0.15) is 4.31 Å². The van der Waals surface area contributed by atoms with Crippen molar-refractivity contribution in [3.05, 3.63) is 58.9 Å². The number of halogens is 2. The van der Waals surface area contributed by atoms with Crippen LogP contribution >= 0.6 is 11.6 Å². The molecule has 0 unspecified atom stereocenters. The van der Waals surface area contributed by atoms with Crippen LogP contribution in [-0.4, -0.2) is 39.0 Å². The minimum atomic E-state index is -3.54. The number of morpholine rings is 1. The molecule has 0 radical (unpaired) electrons. The largest absolute Gasteiger partial charge is 0.489 e. The third-order valence-electron chi connectivity index (χ3n) is 3.88. The maximum atomic E-state index is 13.7. The van der Waals surface area contributed by atoms with E-state index >= 15 is 0 Å². The average Bonchev–Trinajstić information content (AvgIpc) is 2.62. The second kappa shape index (κ2) is 7.70. The van der Waals surface area contributed by atoms with Gasteiger partial charge in [0, 0.05) is 18.7 Å². The van der Waals surface area contributed by atoms with E-state index in [2.05, 4.69) is 0 Å². The highest BCUT2D eigenvalue weighted by Gasteiger charge is 2.26. The van der Waals surface area contributed by atoms with Crippen LogP contribution in [0.2, 0.25) is 5.02 Å². The van der Waals surface area contributed by atoms with Gasteiger partial charge < -0.3 is 9.47 Å². The number of nitrogens with zero attached hydrogens (tertiary/aromatic N) is 1. The van der Waals surface area contributed by atoms with Crippen molar-refractivity contribution in [1.29, 1.82) is 0 Å². The molecule has 0 bridgehead atoms. The van der Waals surface area contributed by atoms with Crippen LogP contribution in [0.4, 0.5) is 4.39 Å². The molecule has 134 valence electrons. The van der Waals surface area contributed by atoms with Crippen molar-refractivity contribution in [2.75, 3.05) is 26.3 Å². The van der Waals surface area contributed by atoms with Crippen molar-refractivity contribution in [2.45, 2.75) is 11.5 Å². The zero-order valence-corrected chi connectivity index (χ0v) is 14.9. The number of hydrogen-bond acceptors (Lipinski definition) is 4. The van der Waals surface area contributed by atoms with E-state index in [-0.39, 0.29) is 22.1 Å². The molecule has 1 saturated heterocycles. The van der Waals surface area contributed by atoms with Crippen molar-refractivity contribution >= 4 is 21.6 Å². The molecule has 3 rings (SSSR count). The smallest absolute Gasteiger partial charge is 0.243 e. The lowest BCUT2D eigenvalue weighted by molar-refractivity contribution is 0.0730. The van der Waals surface area contributed by atoms with Gasteiger partial charge in [0.15, 0.2) is 0 Å². The molecular weight excluding hydrogens is 369 g/mol. The maximum absolute atomic E-state index is 13.7. The summed E-state index contributed by atoms with van der Waals surface area (Å²) in [4.78, 5) is 0.186. The van der Waals surface area contributed by atoms with Crippen molar-refractivity contribution in [3.63, 3.8) is 0 Å². The van der Waals surface area contributed by atoms with Crippen molar-refractivity contribution in [3.8, 4) is 5.75 Å². The topological polar surface area (TPSA) is 55.8 Å². The first-order valence-corrected chi connectivity index (χ1v) is 9.54. The van der Waals surface area contributed by atoms with Gasteiger partial charge >= 0.3 is 0 Å². The summed E-state index contributed by atoms with van der Waals surface area (Å²) in [5.74, 6) is -0.0146. The fraction of sp³-hybridized carbons (Fsp3) is 0.294. The number of ether oxygens (including phenoxy) is 2. The Balaban J connectivity index is 1.70. The minimum absolute atomic E-state index is 0.0406. The van der Waals surface area contributed by atoms with Crippen LogP contribution in [0.15, 0.2) is 47.4 Å². The molecule has 8 heteroatoms. The monoisotopic (exact) mass is 385 g/mol. The molecule has 1 aliphatic heterocycles. The fourth-order valence-corrected chi connectivity index (χ4v) is 4.10. The van der Waals surface area contributed by atoms with E-state index in [0.717, 1.165) is 0 Å². The first-order valence-electron chi connectivity index (χ1n) is 7.72. The van der Waals surface area contributed by atoms with E-state index in [4.69, 9.17) is 21.1 Å². The van der Waals surface area contributed by atoms with E-state index in [0.29, 0.717) is 32.1 Å². The molecule has 5 nitrogen and oxygen atoms in total. The van der Waals surface area contributed by atoms with E-state index in [1.165, 1.54) is 28.6 Å². The highest BCUT2D eigenvalue weighted by Crippen LogP contribution is 2.23. The summed E-state index contributed by atoms with van der Waals surface area (Å²) in [6.45, 7) is 1.42. The van der Waals surface area contributed by atoms with Gasteiger partial charge in [0.2, 0.25) is 10.0 Å². The molecule has 0 spiro atoms. The van der Waals surface area contributed by atoms with Crippen LogP contribution in [-0.2, 0) is 21.4 Å². The lowest BCUT2D eigenvalue weighted by Crippen LogP contribution is -2.40. The number of rotatable bonds is 5. The Hall–Kier alpha value is -1.67. The van der Waals surface area contributed by atoms with Gasteiger partial charge in [-0.05, 0) is 36.4 Å². The normalized spacial score (nSPS) is 15.9. The van der Waals surface area contributed by atoms with Crippen molar-refractivity contribution in [2.24, 2.45) is 0 Å². The lowest BCUT2D eigenvalue weighted by atomic mass is 10.2. The molecule has 2 aromatic carbocycles. The van der Waals surface area contributed by atoms with Gasteiger partial charge in [0.05, 0.1) is 23.1 Å². The summed E-state index contributed by atoms with van der Waals surface area (Å²) in [6, 6.07) is 10.5. The van der Waals surface area contributed by atoms with Gasteiger partial charge in [-0.15, -0.1) is 0 Å². The van der Waals surface area contributed by atoms with Gasteiger partial charge in [0.1, 0.15) is 18.2 Å². The maximum Gasteiger partial charge on any atom is 0.243 e. The molecule has 1 aliphatic rings. The quantitative estimate of drug-likeness (QED) is 0.793. The molecule has 0 saturated carbocycles. The Kier molecular flexibility index (Phi) is 5.58. The summed E-state index contributed by atoms with van der Waals surface area (Å²) in [5, 5.41) is 0.284. The molecule has 2 aromatic rings. The Morgan fingerprint density at radius 1 is 1.12 bits per heavy atom.